The smallest absolute Gasteiger partial charge is 0.377 e. The molecule has 0 aromatic rings. The van der Waals surface area contributed by atoms with Crippen molar-refractivity contribution in [1.29, 1.82) is 0 Å². The third-order valence-corrected chi connectivity index (χ3v) is 4.60. The Kier molecular flexibility index (Phi) is 6.50. The zero-order chi connectivity index (χ0) is 11.2. The van der Waals surface area contributed by atoms with Crippen LogP contribution < -0.4 is 5.73 Å². The monoisotopic (exact) mass is 223 g/mol. The Morgan fingerprint density at radius 2 is 1.50 bits per heavy atom. The maximum Gasteiger partial charge on any atom is 0.504 e. The van der Waals surface area contributed by atoms with Crippen molar-refractivity contribution in [3.8, 4) is 0 Å². The van der Waals surface area contributed by atoms with Gasteiger partial charge in [-0.25, -0.2) is 0 Å². The highest BCUT2D eigenvalue weighted by Gasteiger charge is 2.40. The summed E-state index contributed by atoms with van der Waals surface area (Å²) in [5.74, 6) is 0. The van der Waals surface area contributed by atoms with E-state index in [-0.39, 0.29) is 6.10 Å². The van der Waals surface area contributed by atoms with Crippen molar-refractivity contribution in [3.05, 3.63) is 0 Å². The number of nitrogens with two attached hydrogens (primary N) is 1. The van der Waals surface area contributed by atoms with Crippen LogP contribution in [0.15, 0.2) is 0 Å². The molecule has 0 radical (unpaired) electrons. The molecule has 86 valence electrons. The van der Waals surface area contributed by atoms with E-state index in [0.717, 1.165) is 0 Å². The lowest BCUT2D eigenvalue weighted by Gasteiger charge is -2.27. The molecule has 0 aromatic heterocycles. The first-order valence-corrected chi connectivity index (χ1v) is 6.49. The van der Waals surface area contributed by atoms with E-state index >= 15 is 0 Å². The molecule has 6 heteroatoms. The van der Waals surface area contributed by atoms with Gasteiger partial charge in [0.25, 0.3) is 0 Å². The molecule has 0 bridgehead atoms. The van der Waals surface area contributed by atoms with Gasteiger partial charge in [-0.05, 0) is 13.8 Å². The summed E-state index contributed by atoms with van der Waals surface area (Å²) in [7, 11) is 2.07. The number of rotatable bonds is 7. The van der Waals surface area contributed by atoms with Gasteiger partial charge in [0.05, 0.1) is 12.1 Å². The van der Waals surface area contributed by atoms with Crippen molar-refractivity contribution in [1.82, 2.24) is 0 Å². The lowest BCUT2D eigenvalue weighted by atomic mass is 10.5. The van der Waals surface area contributed by atoms with Gasteiger partial charge in [0.1, 0.15) is 6.23 Å². The number of hydrogen-bond acceptors (Lipinski definition) is 5. The van der Waals surface area contributed by atoms with E-state index < -0.39 is 15.0 Å². The fourth-order valence-corrected chi connectivity index (χ4v) is 2.73. The third-order valence-electron chi connectivity index (χ3n) is 1.83. The molecule has 0 aliphatic heterocycles. The van der Waals surface area contributed by atoms with Crippen molar-refractivity contribution < 1.29 is 18.0 Å². The molecule has 0 saturated carbocycles. The van der Waals surface area contributed by atoms with E-state index in [1.807, 2.05) is 13.8 Å². The predicted octanol–water partition coefficient (Wildman–Crippen LogP) is 0.574. The highest BCUT2D eigenvalue weighted by molar-refractivity contribution is 6.60. The van der Waals surface area contributed by atoms with Gasteiger partial charge < -0.3 is 23.7 Å². The summed E-state index contributed by atoms with van der Waals surface area (Å²) in [5.41, 5.74) is 5.76. The summed E-state index contributed by atoms with van der Waals surface area (Å²) < 4.78 is 21.1. The molecular formula is C8H21NO4Si. The lowest BCUT2D eigenvalue weighted by molar-refractivity contribution is 0.00807. The fraction of sp³-hybridized carbons (Fsp3) is 1.00. The molecule has 0 heterocycles. The summed E-state index contributed by atoms with van der Waals surface area (Å²) in [4.78, 5) is 0. The van der Waals surface area contributed by atoms with Crippen molar-refractivity contribution in [3.63, 3.8) is 0 Å². The van der Waals surface area contributed by atoms with E-state index in [0.29, 0.717) is 6.04 Å². The normalized spacial score (nSPS) is 14.8. The Bertz CT molecular complexity index is 144. The molecule has 0 aliphatic carbocycles. The van der Waals surface area contributed by atoms with Gasteiger partial charge in [-0.3, -0.25) is 0 Å². The van der Waals surface area contributed by atoms with Crippen LogP contribution in [0.3, 0.4) is 0 Å². The maximum atomic E-state index is 5.76. The van der Waals surface area contributed by atoms with Crippen molar-refractivity contribution in [2.24, 2.45) is 5.73 Å². The zero-order valence-corrected chi connectivity index (χ0v) is 10.6. The molecule has 0 amide bonds. The number of ether oxygens (including phenoxy) is 1. The molecule has 0 spiro atoms. The Morgan fingerprint density at radius 1 is 1.07 bits per heavy atom. The van der Waals surface area contributed by atoms with E-state index in [2.05, 4.69) is 0 Å². The second-order valence-electron chi connectivity index (χ2n) is 3.22. The van der Waals surface area contributed by atoms with Gasteiger partial charge in [-0.15, -0.1) is 0 Å². The predicted molar refractivity (Wildman–Crippen MR) is 55.8 cm³/mol. The van der Waals surface area contributed by atoms with E-state index in [1.54, 1.807) is 21.3 Å². The Hall–Kier alpha value is 0.0169. The second-order valence-corrected chi connectivity index (χ2v) is 6.22. The van der Waals surface area contributed by atoms with Gasteiger partial charge in [-0.2, -0.15) is 0 Å². The maximum absolute atomic E-state index is 5.76. The van der Waals surface area contributed by atoms with Crippen LogP contribution in [0.5, 0.6) is 0 Å². The van der Waals surface area contributed by atoms with E-state index in [4.69, 9.17) is 23.7 Å². The van der Waals surface area contributed by atoms with E-state index in [1.165, 1.54) is 0 Å². The zero-order valence-electron chi connectivity index (χ0n) is 9.57. The molecule has 0 rings (SSSR count). The molecule has 0 saturated heterocycles. The van der Waals surface area contributed by atoms with Crippen LogP contribution in [-0.4, -0.2) is 42.5 Å². The van der Waals surface area contributed by atoms with Crippen LogP contribution in [0.2, 0.25) is 6.04 Å². The highest BCUT2D eigenvalue weighted by Crippen LogP contribution is 2.15. The second kappa shape index (κ2) is 6.49. The van der Waals surface area contributed by atoms with Crippen LogP contribution in [0.4, 0.5) is 0 Å². The molecule has 0 fully saturated rings. The van der Waals surface area contributed by atoms with Crippen molar-refractivity contribution in [2.45, 2.75) is 32.2 Å². The van der Waals surface area contributed by atoms with Crippen LogP contribution in [-0.2, 0) is 18.0 Å². The van der Waals surface area contributed by atoms with Crippen LogP contribution in [0.25, 0.3) is 0 Å². The molecule has 1 unspecified atom stereocenters. The largest absolute Gasteiger partial charge is 0.504 e. The highest BCUT2D eigenvalue weighted by atomic mass is 28.4. The van der Waals surface area contributed by atoms with Gasteiger partial charge >= 0.3 is 8.80 Å². The van der Waals surface area contributed by atoms with Gasteiger partial charge in [0.2, 0.25) is 0 Å². The van der Waals surface area contributed by atoms with Crippen LogP contribution >= 0.6 is 0 Å². The molecule has 14 heavy (non-hydrogen) atoms. The summed E-state index contributed by atoms with van der Waals surface area (Å²) in [6.07, 6.45) is -0.330. The SMILES string of the molecule is CO[Si](CC(N)OC(C)C)(OC)OC. The Labute approximate surface area is 86.8 Å². The quantitative estimate of drug-likeness (QED) is 0.505. The van der Waals surface area contributed by atoms with Gasteiger partial charge in [0, 0.05) is 21.3 Å². The van der Waals surface area contributed by atoms with Gasteiger partial charge in [-0.1, -0.05) is 0 Å². The average Bonchev–Trinajstić information content (AvgIpc) is 2.13. The Morgan fingerprint density at radius 3 is 1.79 bits per heavy atom. The summed E-state index contributed by atoms with van der Waals surface area (Å²) in [5, 5.41) is 0. The molecule has 2 N–H and O–H groups in total. The van der Waals surface area contributed by atoms with Crippen LogP contribution in [0, 0.1) is 0 Å². The minimum Gasteiger partial charge on any atom is -0.377 e. The molecular weight excluding hydrogens is 202 g/mol. The van der Waals surface area contributed by atoms with E-state index in [9.17, 15) is 0 Å². The fourth-order valence-electron chi connectivity index (χ4n) is 1.14. The topological polar surface area (TPSA) is 62.9 Å². The summed E-state index contributed by atoms with van der Waals surface area (Å²) in [6.45, 7) is 3.85. The van der Waals surface area contributed by atoms with Crippen molar-refractivity contribution in [2.75, 3.05) is 21.3 Å². The standard InChI is InChI=1S/C8H21NO4Si/c1-7(2)13-8(9)6-14(10-3,11-4)12-5/h7-8H,6,9H2,1-5H3. The third kappa shape index (κ3) is 4.49. The average molecular weight is 223 g/mol. The minimum atomic E-state index is -2.60. The first kappa shape index (κ1) is 14.0. The molecule has 0 aromatic carbocycles. The van der Waals surface area contributed by atoms with Gasteiger partial charge in [0.15, 0.2) is 0 Å². The summed E-state index contributed by atoms with van der Waals surface area (Å²) in [6, 6.07) is 0.453. The first-order valence-electron chi connectivity index (χ1n) is 4.56. The first-order chi connectivity index (χ1) is 6.49. The number of hydrogen-bond donors (Lipinski definition) is 1. The summed E-state index contributed by atoms with van der Waals surface area (Å²) >= 11 is 0. The molecule has 1 atom stereocenters. The Balaban J connectivity index is 4.15. The lowest BCUT2D eigenvalue weighted by Crippen LogP contribution is -2.48. The van der Waals surface area contributed by atoms with Crippen LogP contribution in [0.1, 0.15) is 13.8 Å². The van der Waals surface area contributed by atoms with Crippen molar-refractivity contribution >= 4 is 8.80 Å². The molecule has 0 aliphatic rings. The minimum absolute atomic E-state index is 0.0854. The molecule has 5 nitrogen and oxygen atoms in total.